The Bertz CT molecular complexity index is 787. The van der Waals surface area contributed by atoms with Crippen molar-refractivity contribution in [1.82, 2.24) is 0 Å². The van der Waals surface area contributed by atoms with Gasteiger partial charge < -0.3 is 10.2 Å². The SMILES string of the molecule is Cc1ccc(CCCCCC2(C(=O)O)CC2)c(CCCCCCC2(C(=O)O)CC2)c1C. The van der Waals surface area contributed by atoms with E-state index in [1.54, 1.807) is 0 Å². The van der Waals surface area contributed by atoms with Crippen LogP contribution in [0.25, 0.3) is 0 Å². The molecule has 31 heavy (non-hydrogen) atoms. The van der Waals surface area contributed by atoms with Gasteiger partial charge in [-0.2, -0.15) is 0 Å². The van der Waals surface area contributed by atoms with Gasteiger partial charge in [-0.25, -0.2) is 0 Å². The highest BCUT2D eigenvalue weighted by Gasteiger charge is 2.49. The number of carboxylic acid groups (broad SMARTS) is 2. The van der Waals surface area contributed by atoms with E-state index in [-0.39, 0.29) is 10.8 Å². The first-order valence-corrected chi connectivity index (χ1v) is 12.3. The zero-order valence-electron chi connectivity index (χ0n) is 19.5. The number of unbranched alkanes of at least 4 members (excludes halogenated alkanes) is 5. The van der Waals surface area contributed by atoms with Gasteiger partial charge in [-0.1, -0.05) is 44.2 Å². The normalized spacial score (nSPS) is 18.0. The molecule has 1 aromatic carbocycles. The fraction of sp³-hybridized carbons (Fsp3) is 0.704. The summed E-state index contributed by atoms with van der Waals surface area (Å²) >= 11 is 0. The summed E-state index contributed by atoms with van der Waals surface area (Å²) < 4.78 is 0. The van der Waals surface area contributed by atoms with Gasteiger partial charge in [0.15, 0.2) is 0 Å². The summed E-state index contributed by atoms with van der Waals surface area (Å²) in [4.78, 5) is 22.6. The summed E-state index contributed by atoms with van der Waals surface area (Å²) in [5.41, 5.74) is 4.99. The molecule has 3 rings (SSSR count). The van der Waals surface area contributed by atoms with Crippen molar-refractivity contribution in [2.75, 3.05) is 0 Å². The highest BCUT2D eigenvalue weighted by molar-refractivity contribution is 5.78. The Morgan fingerprint density at radius 3 is 1.74 bits per heavy atom. The molecule has 0 amide bonds. The second kappa shape index (κ2) is 10.2. The van der Waals surface area contributed by atoms with Crippen molar-refractivity contribution >= 4 is 11.9 Å². The van der Waals surface area contributed by atoms with Crippen molar-refractivity contribution in [3.63, 3.8) is 0 Å². The molecule has 4 heteroatoms. The maximum atomic E-state index is 11.3. The summed E-state index contributed by atoms with van der Waals surface area (Å²) in [5, 5.41) is 18.6. The molecule has 0 bridgehead atoms. The lowest BCUT2D eigenvalue weighted by molar-refractivity contribution is -0.144. The van der Waals surface area contributed by atoms with E-state index in [9.17, 15) is 19.8 Å². The number of carbonyl (C=O) groups is 2. The van der Waals surface area contributed by atoms with Crippen LogP contribution in [0, 0.1) is 24.7 Å². The number of rotatable bonds is 15. The van der Waals surface area contributed by atoms with Crippen LogP contribution in [0.4, 0.5) is 0 Å². The summed E-state index contributed by atoms with van der Waals surface area (Å²) in [6.07, 6.45) is 15.1. The number of aryl methyl sites for hydroxylation is 2. The molecule has 2 aliphatic rings. The molecule has 0 unspecified atom stereocenters. The zero-order valence-corrected chi connectivity index (χ0v) is 19.5. The third-order valence-electron chi connectivity index (χ3n) is 8.01. The number of aliphatic carboxylic acids is 2. The smallest absolute Gasteiger partial charge is 0.309 e. The van der Waals surface area contributed by atoms with Gasteiger partial charge in [0.1, 0.15) is 0 Å². The maximum absolute atomic E-state index is 11.3. The fourth-order valence-electron chi connectivity index (χ4n) is 5.03. The molecule has 172 valence electrons. The predicted octanol–water partition coefficient (Wildman–Crippen LogP) is 6.63. The molecule has 0 atom stereocenters. The van der Waals surface area contributed by atoms with Crippen LogP contribution in [0.15, 0.2) is 12.1 Å². The second-order valence-electron chi connectivity index (χ2n) is 10.3. The first-order chi connectivity index (χ1) is 14.8. The third-order valence-corrected chi connectivity index (χ3v) is 8.01. The van der Waals surface area contributed by atoms with Gasteiger partial charge in [-0.15, -0.1) is 0 Å². The van der Waals surface area contributed by atoms with Crippen LogP contribution in [-0.2, 0) is 22.4 Å². The Labute approximate surface area is 187 Å². The highest BCUT2D eigenvalue weighted by Crippen LogP contribution is 2.50. The van der Waals surface area contributed by atoms with E-state index in [1.807, 2.05) is 0 Å². The number of hydrogen-bond donors (Lipinski definition) is 2. The molecule has 2 aliphatic carbocycles. The Morgan fingerprint density at radius 2 is 1.23 bits per heavy atom. The van der Waals surface area contributed by atoms with Gasteiger partial charge in [0, 0.05) is 0 Å². The zero-order chi connectivity index (χ0) is 22.5. The molecule has 0 spiro atoms. The van der Waals surface area contributed by atoms with E-state index in [0.717, 1.165) is 83.5 Å². The number of benzene rings is 1. The lowest BCUT2D eigenvalue weighted by atomic mass is 9.90. The summed E-state index contributed by atoms with van der Waals surface area (Å²) in [7, 11) is 0. The minimum absolute atomic E-state index is 0.371. The van der Waals surface area contributed by atoms with E-state index in [4.69, 9.17) is 0 Å². The van der Waals surface area contributed by atoms with Crippen LogP contribution >= 0.6 is 0 Å². The number of hydrogen-bond acceptors (Lipinski definition) is 2. The van der Waals surface area contributed by atoms with E-state index >= 15 is 0 Å². The molecule has 0 aromatic heterocycles. The summed E-state index contributed by atoms with van der Waals surface area (Å²) in [6.45, 7) is 4.42. The third kappa shape index (κ3) is 6.11. The number of carboxylic acids is 2. The van der Waals surface area contributed by atoms with Crippen LogP contribution in [-0.4, -0.2) is 22.2 Å². The van der Waals surface area contributed by atoms with E-state index in [1.165, 1.54) is 35.1 Å². The van der Waals surface area contributed by atoms with Crippen LogP contribution in [0.3, 0.4) is 0 Å². The standard InChI is InChI=1S/C27H40O4/c1-20-12-13-22(10-6-5-9-15-27(18-19-27)25(30)31)23(21(20)2)11-7-3-4-8-14-26(16-17-26)24(28)29/h12-13H,3-11,14-19H2,1-2H3,(H,28,29)(H,30,31). The predicted molar refractivity (Wildman–Crippen MR) is 123 cm³/mol. The molecule has 2 saturated carbocycles. The molecule has 0 radical (unpaired) electrons. The maximum Gasteiger partial charge on any atom is 0.309 e. The molecule has 1 aromatic rings. The van der Waals surface area contributed by atoms with Crippen molar-refractivity contribution in [3.8, 4) is 0 Å². The van der Waals surface area contributed by atoms with Gasteiger partial charge in [0.2, 0.25) is 0 Å². The van der Waals surface area contributed by atoms with E-state index in [2.05, 4.69) is 26.0 Å². The quantitative estimate of drug-likeness (QED) is 0.307. The lowest BCUT2D eigenvalue weighted by Gasteiger charge is -2.16. The van der Waals surface area contributed by atoms with Crippen molar-refractivity contribution in [2.24, 2.45) is 10.8 Å². The minimum atomic E-state index is -0.598. The Hall–Kier alpha value is -1.84. The van der Waals surface area contributed by atoms with Gasteiger partial charge in [-0.3, -0.25) is 9.59 Å². The molecule has 2 fully saturated rings. The molecular formula is C27H40O4. The first kappa shape index (κ1) is 23.8. The molecular weight excluding hydrogens is 388 g/mol. The van der Waals surface area contributed by atoms with E-state index in [0.29, 0.717) is 0 Å². The largest absolute Gasteiger partial charge is 0.481 e. The summed E-state index contributed by atoms with van der Waals surface area (Å²) in [5.74, 6) is -1.19. The molecule has 0 heterocycles. The molecule has 2 N–H and O–H groups in total. The Balaban J connectivity index is 1.39. The average Bonchev–Trinajstić information content (AvgIpc) is 3.64. The van der Waals surface area contributed by atoms with Crippen LogP contribution < -0.4 is 0 Å². The monoisotopic (exact) mass is 428 g/mol. The van der Waals surface area contributed by atoms with Gasteiger partial charge >= 0.3 is 11.9 Å². The van der Waals surface area contributed by atoms with Crippen LogP contribution in [0.5, 0.6) is 0 Å². The van der Waals surface area contributed by atoms with Crippen molar-refractivity contribution < 1.29 is 19.8 Å². The van der Waals surface area contributed by atoms with Gasteiger partial charge in [-0.05, 0) is 100 Å². The van der Waals surface area contributed by atoms with E-state index < -0.39 is 11.9 Å². The van der Waals surface area contributed by atoms with Gasteiger partial charge in [0.25, 0.3) is 0 Å². The van der Waals surface area contributed by atoms with Crippen LogP contribution in [0.2, 0.25) is 0 Å². The molecule has 4 nitrogen and oxygen atoms in total. The fourth-order valence-corrected chi connectivity index (χ4v) is 5.03. The second-order valence-corrected chi connectivity index (χ2v) is 10.3. The minimum Gasteiger partial charge on any atom is -0.481 e. The Kier molecular flexibility index (Phi) is 7.82. The first-order valence-electron chi connectivity index (χ1n) is 12.3. The average molecular weight is 429 g/mol. The highest BCUT2D eigenvalue weighted by atomic mass is 16.4. The lowest BCUT2D eigenvalue weighted by Crippen LogP contribution is -2.14. The van der Waals surface area contributed by atoms with Crippen molar-refractivity contribution in [1.29, 1.82) is 0 Å². The molecule has 0 aliphatic heterocycles. The Morgan fingerprint density at radius 1 is 0.742 bits per heavy atom. The topological polar surface area (TPSA) is 74.6 Å². The molecule has 0 saturated heterocycles. The van der Waals surface area contributed by atoms with Crippen molar-refractivity contribution in [2.45, 2.75) is 110 Å². The van der Waals surface area contributed by atoms with Crippen molar-refractivity contribution in [3.05, 3.63) is 34.4 Å². The van der Waals surface area contributed by atoms with Gasteiger partial charge in [0.05, 0.1) is 10.8 Å². The van der Waals surface area contributed by atoms with Crippen LogP contribution in [0.1, 0.15) is 106 Å². The summed E-state index contributed by atoms with van der Waals surface area (Å²) in [6, 6.07) is 4.53.